The highest BCUT2D eigenvalue weighted by Crippen LogP contribution is 2.29. The summed E-state index contributed by atoms with van der Waals surface area (Å²) in [4.78, 5) is 17.1. The van der Waals surface area contributed by atoms with E-state index in [2.05, 4.69) is 53.1 Å². The number of rotatable bonds is 3. The highest BCUT2D eigenvalue weighted by Gasteiger charge is 2.20. The van der Waals surface area contributed by atoms with Gasteiger partial charge in [-0.05, 0) is 36.2 Å². The number of benzene rings is 1. The van der Waals surface area contributed by atoms with E-state index in [0.717, 1.165) is 43.2 Å². The zero-order valence-corrected chi connectivity index (χ0v) is 16.0. The van der Waals surface area contributed by atoms with Gasteiger partial charge in [0.2, 0.25) is 0 Å². The molecular weight excluding hydrogens is 326 g/mol. The topological polar surface area (TPSA) is 61.4 Å². The SMILES string of the molecule is CN1CCN(c2ccc(C(=O)Nc3ccccc3C(C)(C)C)nn2)CC1. The summed E-state index contributed by atoms with van der Waals surface area (Å²) in [6.07, 6.45) is 0. The third-order valence-electron chi connectivity index (χ3n) is 4.69. The minimum Gasteiger partial charge on any atom is -0.353 e. The molecule has 138 valence electrons. The molecule has 1 N–H and O–H groups in total. The smallest absolute Gasteiger partial charge is 0.276 e. The van der Waals surface area contributed by atoms with Crippen molar-refractivity contribution in [2.45, 2.75) is 26.2 Å². The van der Waals surface area contributed by atoms with Crippen LogP contribution in [0.5, 0.6) is 0 Å². The first-order valence-corrected chi connectivity index (χ1v) is 9.03. The van der Waals surface area contributed by atoms with Gasteiger partial charge < -0.3 is 15.1 Å². The van der Waals surface area contributed by atoms with Gasteiger partial charge in [0.25, 0.3) is 5.91 Å². The van der Waals surface area contributed by atoms with Gasteiger partial charge in [-0.2, -0.15) is 0 Å². The van der Waals surface area contributed by atoms with Gasteiger partial charge in [0, 0.05) is 31.9 Å². The molecule has 6 nitrogen and oxygen atoms in total. The molecule has 0 bridgehead atoms. The van der Waals surface area contributed by atoms with E-state index in [1.807, 2.05) is 30.3 Å². The maximum Gasteiger partial charge on any atom is 0.276 e. The van der Waals surface area contributed by atoms with Crippen LogP contribution in [0.1, 0.15) is 36.8 Å². The Bertz CT molecular complexity index is 759. The molecule has 0 aliphatic carbocycles. The quantitative estimate of drug-likeness (QED) is 0.919. The molecule has 1 aliphatic heterocycles. The van der Waals surface area contributed by atoms with E-state index in [0.29, 0.717) is 5.69 Å². The largest absolute Gasteiger partial charge is 0.353 e. The van der Waals surface area contributed by atoms with Crippen LogP contribution in [0.4, 0.5) is 11.5 Å². The second-order valence-electron chi connectivity index (χ2n) is 7.82. The Morgan fingerprint density at radius 2 is 1.69 bits per heavy atom. The Kier molecular flexibility index (Phi) is 5.23. The Morgan fingerprint density at radius 1 is 1.00 bits per heavy atom. The summed E-state index contributed by atoms with van der Waals surface area (Å²) in [6, 6.07) is 11.5. The van der Waals surface area contributed by atoms with Crippen molar-refractivity contribution in [1.82, 2.24) is 15.1 Å². The van der Waals surface area contributed by atoms with E-state index in [1.54, 1.807) is 6.07 Å². The maximum atomic E-state index is 12.6. The number of likely N-dealkylation sites (N-methyl/N-ethyl adjacent to an activating group) is 1. The number of nitrogens with one attached hydrogen (secondary N) is 1. The van der Waals surface area contributed by atoms with Crippen LogP contribution in [-0.2, 0) is 5.41 Å². The molecule has 0 radical (unpaired) electrons. The van der Waals surface area contributed by atoms with Crippen LogP contribution < -0.4 is 10.2 Å². The average Bonchev–Trinajstić information content (AvgIpc) is 2.62. The number of hydrogen-bond acceptors (Lipinski definition) is 5. The zero-order chi connectivity index (χ0) is 18.7. The van der Waals surface area contributed by atoms with E-state index in [-0.39, 0.29) is 11.3 Å². The van der Waals surface area contributed by atoms with Gasteiger partial charge in [-0.25, -0.2) is 0 Å². The Balaban J connectivity index is 1.71. The first kappa shape index (κ1) is 18.3. The molecule has 0 saturated carbocycles. The molecule has 1 aromatic carbocycles. The maximum absolute atomic E-state index is 12.6. The lowest BCUT2D eigenvalue weighted by atomic mass is 9.86. The van der Waals surface area contributed by atoms with Crippen LogP contribution in [0, 0.1) is 0 Å². The molecule has 3 rings (SSSR count). The first-order valence-electron chi connectivity index (χ1n) is 9.03. The van der Waals surface area contributed by atoms with Crippen molar-refractivity contribution >= 4 is 17.4 Å². The summed E-state index contributed by atoms with van der Waals surface area (Å²) in [5, 5.41) is 11.4. The third-order valence-corrected chi connectivity index (χ3v) is 4.69. The summed E-state index contributed by atoms with van der Waals surface area (Å²) in [5.41, 5.74) is 2.18. The van der Waals surface area contributed by atoms with Crippen LogP contribution in [0.15, 0.2) is 36.4 Å². The molecule has 1 aromatic heterocycles. The van der Waals surface area contributed by atoms with Gasteiger partial charge in [-0.15, -0.1) is 10.2 Å². The predicted molar refractivity (Wildman–Crippen MR) is 105 cm³/mol. The normalized spacial score (nSPS) is 15.8. The van der Waals surface area contributed by atoms with Gasteiger partial charge in [0.1, 0.15) is 0 Å². The van der Waals surface area contributed by atoms with Crippen LogP contribution in [0.25, 0.3) is 0 Å². The fourth-order valence-corrected chi connectivity index (χ4v) is 3.08. The summed E-state index contributed by atoms with van der Waals surface area (Å²) >= 11 is 0. The number of para-hydroxylation sites is 1. The van der Waals surface area contributed by atoms with Crippen LogP contribution in [0.2, 0.25) is 0 Å². The number of piperazine rings is 1. The number of amides is 1. The Hall–Kier alpha value is -2.47. The fourth-order valence-electron chi connectivity index (χ4n) is 3.08. The van der Waals surface area contributed by atoms with Crippen molar-refractivity contribution in [2.24, 2.45) is 0 Å². The summed E-state index contributed by atoms with van der Waals surface area (Å²) in [6.45, 7) is 10.3. The second-order valence-corrected chi connectivity index (χ2v) is 7.82. The summed E-state index contributed by atoms with van der Waals surface area (Å²) < 4.78 is 0. The van der Waals surface area contributed by atoms with Gasteiger partial charge in [-0.3, -0.25) is 4.79 Å². The Labute approximate surface area is 155 Å². The minimum absolute atomic E-state index is 0.0547. The van der Waals surface area contributed by atoms with Crippen molar-refractivity contribution in [3.8, 4) is 0 Å². The molecule has 0 unspecified atom stereocenters. The van der Waals surface area contributed by atoms with E-state index in [9.17, 15) is 4.79 Å². The van der Waals surface area contributed by atoms with Gasteiger partial charge in [0.15, 0.2) is 11.5 Å². The van der Waals surface area contributed by atoms with Crippen molar-refractivity contribution < 1.29 is 4.79 Å². The highest BCUT2D eigenvalue weighted by atomic mass is 16.1. The lowest BCUT2D eigenvalue weighted by molar-refractivity contribution is 0.102. The number of anilines is 2. The van der Waals surface area contributed by atoms with Gasteiger partial charge in [-0.1, -0.05) is 39.0 Å². The lowest BCUT2D eigenvalue weighted by Gasteiger charge is -2.32. The number of hydrogen-bond donors (Lipinski definition) is 1. The molecule has 0 spiro atoms. The molecular formula is C20H27N5O. The second kappa shape index (κ2) is 7.41. The summed E-state index contributed by atoms with van der Waals surface area (Å²) in [7, 11) is 2.12. The predicted octanol–water partition coefficient (Wildman–Crippen LogP) is 2.78. The molecule has 6 heteroatoms. The third kappa shape index (κ3) is 4.19. The molecule has 1 fully saturated rings. The van der Waals surface area contributed by atoms with E-state index in [1.165, 1.54) is 0 Å². The van der Waals surface area contributed by atoms with Crippen LogP contribution in [0.3, 0.4) is 0 Å². The zero-order valence-electron chi connectivity index (χ0n) is 16.0. The highest BCUT2D eigenvalue weighted by molar-refractivity contribution is 6.03. The van der Waals surface area contributed by atoms with E-state index < -0.39 is 0 Å². The van der Waals surface area contributed by atoms with E-state index >= 15 is 0 Å². The number of nitrogens with zero attached hydrogens (tertiary/aromatic N) is 4. The van der Waals surface area contributed by atoms with Crippen LogP contribution in [-0.4, -0.2) is 54.2 Å². The van der Waals surface area contributed by atoms with Crippen molar-refractivity contribution in [1.29, 1.82) is 0 Å². The first-order chi connectivity index (χ1) is 12.3. The number of carbonyl (C=O) groups excluding carboxylic acids is 1. The van der Waals surface area contributed by atoms with Crippen molar-refractivity contribution in [3.63, 3.8) is 0 Å². The van der Waals surface area contributed by atoms with Crippen molar-refractivity contribution in [3.05, 3.63) is 47.7 Å². The van der Waals surface area contributed by atoms with Gasteiger partial charge in [0.05, 0.1) is 0 Å². The monoisotopic (exact) mass is 353 g/mol. The van der Waals surface area contributed by atoms with Crippen molar-refractivity contribution in [2.75, 3.05) is 43.4 Å². The molecule has 2 aromatic rings. The Morgan fingerprint density at radius 3 is 2.31 bits per heavy atom. The number of aromatic nitrogens is 2. The lowest BCUT2D eigenvalue weighted by Crippen LogP contribution is -2.44. The minimum atomic E-state index is -0.237. The average molecular weight is 353 g/mol. The number of carbonyl (C=O) groups is 1. The fraction of sp³-hybridized carbons (Fsp3) is 0.450. The molecule has 26 heavy (non-hydrogen) atoms. The molecule has 1 amide bonds. The molecule has 1 aliphatic rings. The van der Waals surface area contributed by atoms with Gasteiger partial charge >= 0.3 is 0 Å². The summed E-state index contributed by atoms with van der Waals surface area (Å²) in [5.74, 6) is 0.587. The molecule has 0 atom stereocenters. The van der Waals surface area contributed by atoms with Crippen LogP contribution >= 0.6 is 0 Å². The molecule has 1 saturated heterocycles. The van der Waals surface area contributed by atoms with E-state index in [4.69, 9.17) is 0 Å². The standard InChI is InChI=1S/C20H27N5O/c1-20(2,3)15-7-5-6-8-16(15)21-19(26)17-9-10-18(23-22-17)25-13-11-24(4)12-14-25/h5-10H,11-14H2,1-4H3,(H,21,26). The molecule has 2 heterocycles.